The van der Waals surface area contributed by atoms with E-state index in [1.807, 2.05) is 0 Å². The van der Waals surface area contributed by atoms with E-state index in [9.17, 15) is 0 Å². The quantitative estimate of drug-likeness (QED) is 0.623. The van der Waals surface area contributed by atoms with E-state index in [1.54, 1.807) is 31.4 Å². The van der Waals surface area contributed by atoms with Gasteiger partial charge in [-0.25, -0.2) is 0 Å². The molecule has 0 heterocycles. The number of diazo groups is 1. The number of methoxy groups -OCH3 is 1. The highest BCUT2D eigenvalue weighted by molar-refractivity contribution is 5.60. The molecular formula is C9H10N2O3. The Labute approximate surface area is 81.6 Å². The average Bonchev–Trinajstić information content (AvgIpc) is 2.17. The lowest BCUT2D eigenvalue weighted by molar-refractivity contribution is -0.302. The van der Waals surface area contributed by atoms with E-state index in [0.29, 0.717) is 5.69 Å². The highest BCUT2D eigenvalue weighted by atomic mass is 16.5. The van der Waals surface area contributed by atoms with Crippen LogP contribution in [0.25, 0.3) is 4.98 Å². The highest BCUT2D eigenvalue weighted by Crippen LogP contribution is 2.16. The van der Waals surface area contributed by atoms with Gasteiger partial charge < -0.3 is 14.6 Å². The van der Waals surface area contributed by atoms with Crippen molar-refractivity contribution in [2.45, 2.75) is 6.92 Å². The van der Waals surface area contributed by atoms with Crippen LogP contribution in [0.5, 0.6) is 5.75 Å². The average molecular weight is 194 g/mol. The third-order valence-electron chi connectivity index (χ3n) is 1.19. The van der Waals surface area contributed by atoms with Crippen LogP contribution in [0, 0.1) is 5.39 Å². The maximum Gasteiger partial charge on any atom is 0.385 e. The molecule has 74 valence electrons. The van der Waals surface area contributed by atoms with Gasteiger partial charge in [0.05, 0.1) is 7.11 Å². The van der Waals surface area contributed by atoms with E-state index in [1.165, 1.54) is 0 Å². The van der Waals surface area contributed by atoms with Crippen LogP contribution in [0.1, 0.15) is 6.92 Å². The fourth-order valence-corrected chi connectivity index (χ4v) is 0.649. The predicted octanol–water partition coefficient (Wildman–Crippen LogP) is 0.936. The van der Waals surface area contributed by atoms with E-state index in [-0.39, 0.29) is 0 Å². The van der Waals surface area contributed by atoms with Gasteiger partial charge in [0.25, 0.3) is 0 Å². The lowest BCUT2D eigenvalue weighted by atomic mass is 10.3. The zero-order chi connectivity index (χ0) is 11.0. The molecule has 5 nitrogen and oxygen atoms in total. The van der Waals surface area contributed by atoms with E-state index < -0.39 is 5.97 Å². The second-order valence-corrected chi connectivity index (χ2v) is 2.29. The fourth-order valence-electron chi connectivity index (χ4n) is 0.649. The zero-order valence-electron chi connectivity index (χ0n) is 7.93. The number of ether oxygens (including phenoxy) is 1. The van der Waals surface area contributed by atoms with Crippen molar-refractivity contribution in [1.29, 1.82) is 5.39 Å². The summed E-state index contributed by atoms with van der Waals surface area (Å²) < 4.78 is 4.89. The molecule has 1 rings (SSSR count). The molecule has 0 aliphatic rings. The Hall–Kier alpha value is -2.09. The Balaban J connectivity index is 0.000000364. The van der Waals surface area contributed by atoms with Gasteiger partial charge in [0.2, 0.25) is 5.39 Å². The Bertz CT molecular complexity index is 323. The van der Waals surface area contributed by atoms with Crippen molar-refractivity contribution in [3.8, 4) is 5.75 Å². The van der Waals surface area contributed by atoms with Crippen molar-refractivity contribution in [1.82, 2.24) is 0 Å². The first-order chi connectivity index (χ1) is 6.60. The molecule has 0 aromatic heterocycles. The number of nitrogens with zero attached hydrogens (tertiary/aromatic N) is 2. The summed E-state index contributed by atoms with van der Waals surface area (Å²) in [6.07, 6.45) is 0. The van der Waals surface area contributed by atoms with Crippen LogP contribution in [0.3, 0.4) is 0 Å². The number of hydrogen-bond donors (Lipinski definition) is 0. The Morgan fingerprint density at radius 1 is 1.43 bits per heavy atom. The third kappa shape index (κ3) is 5.55. The number of benzene rings is 1. The van der Waals surface area contributed by atoms with E-state index >= 15 is 0 Å². The van der Waals surface area contributed by atoms with E-state index in [2.05, 4.69) is 4.98 Å². The molecule has 0 spiro atoms. The van der Waals surface area contributed by atoms with Crippen LogP contribution in [0.4, 0.5) is 5.69 Å². The summed E-state index contributed by atoms with van der Waals surface area (Å²) in [7, 11) is 1.59. The molecule has 1 aromatic rings. The van der Waals surface area contributed by atoms with Gasteiger partial charge >= 0.3 is 5.69 Å². The standard InChI is InChI=1S/C7H7N2O.C2H4O2/c1-10-7-4-2-6(9-8)3-5-7;1-2(3)4/h2-5H,1H3;1H3,(H,3,4)/q+1;/p-1. The summed E-state index contributed by atoms with van der Waals surface area (Å²) in [6.45, 7) is 0.972. The summed E-state index contributed by atoms with van der Waals surface area (Å²) in [5, 5.41) is 17.2. The molecule has 0 saturated carbocycles. The largest absolute Gasteiger partial charge is 0.550 e. The Morgan fingerprint density at radius 3 is 2.14 bits per heavy atom. The van der Waals surface area contributed by atoms with Crippen LogP contribution in [0.2, 0.25) is 0 Å². The fraction of sp³-hybridized carbons (Fsp3) is 0.222. The van der Waals surface area contributed by atoms with Crippen LogP contribution < -0.4 is 9.84 Å². The molecule has 0 amide bonds. The molecular weight excluding hydrogens is 184 g/mol. The minimum atomic E-state index is -1.08. The van der Waals surface area contributed by atoms with Crippen LogP contribution in [0.15, 0.2) is 24.3 Å². The minimum absolute atomic E-state index is 0.529. The second-order valence-electron chi connectivity index (χ2n) is 2.29. The van der Waals surface area contributed by atoms with Gasteiger partial charge in [-0.15, -0.1) is 0 Å². The smallest absolute Gasteiger partial charge is 0.385 e. The maximum absolute atomic E-state index is 8.89. The first-order valence-electron chi connectivity index (χ1n) is 3.77. The van der Waals surface area contributed by atoms with Crippen LogP contribution >= 0.6 is 0 Å². The summed E-state index contributed by atoms with van der Waals surface area (Å²) in [6, 6.07) is 6.79. The third-order valence-corrected chi connectivity index (χ3v) is 1.19. The summed E-state index contributed by atoms with van der Waals surface area (Å²) in [5.74, 6) is -0.326. The van der Waals surface area contributed by atoms with Crippen molar-refractivity contribution in [2.75, 3.05) is 7.11 Å². The summed E-state index contributed by atoms with van der Waals surface area (Å²) in [4.78, 5) is 11.9. The van der Waals surface area contributed by atoms with Crippen molar-refractivity contribution >= 4 is 11.7 Å². The molecule has 0 atom stereocenters. The normalized spacial score (nSPS) is 7.79. The summed E-state index contributed by atoms with van der Waals surface area (Å²) in [5.41, 5.74) is 0.529. The van der Waals surface area contributed by atoms with Crippen LogP contribution in [-0.2, 0) is 4.79 Å². The highest BCUT2D eigenvalue weighted by Gasteiger charge is 2.01. The van der Waals surface area contributed by atoms with Gasteiger partial charge in [-0.3, -0.25) is 0 Å². The molecule has 1 aromatic carbocycles. The van der Waals surface area contributed by atoms with Gasteiger partial charge in [-0.05, 0) is 19.1 Å². The van der Waals surface area contributed by atoms with Crippen molar-refractivity contribution in [3.05, 3.63) is 29.2 Å². The van der Waals surface area contributed by atoms with Gasteiger partial charge in [0.15, 0.2) is 4.98 Å². The lowest BCUT2D eigenvalue weighted by Gasteiger charge is -1.93. The SMILES string of the molecule is CC(=O)[O-].COc1ccc([N+]#N)cc1. The van der Waals surface area contributed by atoms with Crippen LogP contribution in [-0.4, -0.2) is 13.1 Å². The molecule has 0 unspecified atom stereocenters. The molecule has 0 bridgehead atoms. The summed E-state index contributed by atoms with van der Waals surface area (Å²) >= 11 is 0. The molecule has 0 aliphatic carbocycles. The van der Waals surface area contributed by atoms with Crippen molar-refractivity contribution in [3.63, 3.8) is 0 Å². The number of carboxylic acid groups (broad SMARTS) is 1. The molecule has 0 fully saturated rings. The van der Waals surface area contributed by atoms with Crippen molar-refractivity contribution < 1.29 is 14.6 Å². The molecule has 14 heavy (non-hydrogen) atoms. The minimum Gasteiger partial charge on any atom is -0.550 e. The monoisotopic (exact) mass is 194 g/mol. The number of aliphatic carboxylic acids is 1. The lowest BCUT2D eigenvalue weighted by Crippen LogP contribution is -2.16. The zero-order valence-corrected chi connectivity index (χ0v) is 7.93. The van der Waals surface area contributed by atoms with Crippen molar-refractivity contribution in [2.24, 2.45) is 0 Å². The first-order valence-corrected chi connectivity index (χ1v) is 3.77. The number of rotatable bonds is 1. The Morgan fingerprint density at radius 2 is 1.86 bits per heavy atom. The number of hydrogen-bond acceptors (Lipinski definition) is 4. The van der Waals surface area contributed by atoms with Gasteiger partial charge in [0.1, 0.15) is 5.75 Å². The molecule has 0 saturated heterocycles. The maximum atomic E-state index is 8.89. The first kappa shape index (κ1) is 11.9. The van der Waals surface area contributed by atoms with E-state index in [4.69, 9.17) is 20.0 Å². The van der Waals surface area contributed by atoms with E-state index in [0.717, 1.165) is 12.7 Å². The number of carbonyl (C=O) groups excluding carboxylic acids is 1. The topological polar surface area (TPSA) is 77.5 Å². The second kappa shape index (κ2) is 6.43. The van der Waals surface area contributed by atoms with Gasteiger partial charge in [-0.1, -0.05) is 0 Å². The molecule has 0 aliphatic heterocycles. The number of carboxylic acids is 1. The predicted molar refractivity (Wildman–Crippen MR) is 48.4 cm³/mol. The number of carbonyl (C=O) groups is 1. The van der Waals surface area contributed by atoms with Gasteiger partial charge in [0, 0.05) is 18.1 Å². The molecule has 5 heteroatoms. The molecule has 0 radical (unpaired) electrons. The Kier molecular flexibility index (Phi) is 5.47. The molecule has 0 N–H and O–H groups in total. The van der Waals surface area contributed by atoms with Gasteiger partial charge in [-0.2, -0.15) is 0 Å².